The number of thioether (sulfide) groups is 1. The molecule has 0 heterocycles. The molecule has 8 nitrogen and oxygen atoms in total. The number of carbonyl (C=O) groups is 3. The van der Waals surface area contributed by atoms with Crippen LogP contribution in [0.15, 0.2) is 48.5 Å². The van der Waals surface area contributed by atoms with Gasteiger partial charge in [-0.05, 0) is 94.0 Å². The highest BCUT2D eigenvalue weighted by atomic mass is 32.2. The van der Waals surface area contributed by atoms with E-state index < -0.39 is 23.8 Å². The third-order valence-electron chi connectivity index (χ3n) is 6.07. The summed E-state index contributed by atoms with van der Waals surface area (Å²) >= 11 is 1.57. The van der Waals surface area contributed by atoms with Crippen molar-refractivity contribution in [2.45, 2.75) is 63.8 Å². The van der Waals surface area contributed by atoms with Crippen molar-refractivity contribution in [3.8, 4) is 18.1 Å². The second-order valence-electron chi connectivity index (χ2n) is 10.3. The van der Waals surface area contributed by atoms with E-state index in [0.717, 1.165) is 12.8 Å². The van der Waals surface area contributed by atoms with Crippen LogP contribution in [0.5, 0.6) is 5.75 Å². The van der Waals surface area contributed by atoms with E-state index in [1.165, 1.54) is 0 Å². The van der Waals surface area contributed by atoms with Crippen LogP contribution in [0.25, 0.3) is 0 Å². The lowest BCUT2D eigenvalue weighted by Gasteiger charge is -2.34. The highest BCUT2D eigenvalue weighted by Gasteiger charge is 2.44. The van der Waals surface area contributed by atoms with Crippen molar-refractivity contribution in [3.63, 3.8) is 0 Å². The van der Waals surface area contributed by atoms with Crippen LogP contribution in [0.3, 0.4) is 0 Å². The van der Waals surface area contributed by atoms with Crippen LogP contribution in [0.4, 0.5) is 10.5 Å². The molecule has 0 aromatic heterocycles. The Morgan fingerprint density at radius 3 is 2.26 bits per heavy atom. The van der Waals surface area contributed by atoms with Gasteiger partial charge in [0.05, 0.1) is 7.11 Å². The highest BCUT2D eigenvalue weighted by molar-refractivity contribution is 7.98. The number of nitrogens with one attached hydrogen (secondary N) is 2. The number of methoxy groups -OCH3 is 1. The van der Waals surface area contributed by atoms with Gasteiger partial charge in [0.1, 0.15) is 23.4 Å². The number of carbonyl (C=O) groups excluding carboxylic acids is 3. The standard InChI is InChI=1S/C30H37N3O5S/c1-7-20-8-10-21(11-9-20)26(27(34)31-22-12-16-24(37-5)17-13-22)33(23-14-15-23)28(35)25(18-19-39-6)32-29(36)38-30(2,3)4/h1,8-13,16-17,23,25-26H,14-15,18-19H2,2-6H3,(H,31,34)(H,32,36). The first kappa shape index (κ1) is 29.9. The van der Waals surface area contributed by atoms with Crippen LogP contribution in [-0.4, -0.2) is 59.6 Å². The van der Waals surface area contributed by atoms with E-state index in [1.807, 2.05) is 6.26 Å². The second-order valence-corrected chi connectivity index (χ2v) is 11.3. The number of terminal acetylenes is 1. The van der Waals surface area contributed by atoms with Gasteiger partial charge in [-0.25, -0.2) is 4.79 Å². The van der Waals surface area contributed by atoms with Crippen LogP contribution in [0, 0.1) is 12.3 Å². The summed E-state index contributed by atoms with van der Waals surface area (Å²) in [5.74, 6) is 3.20. The molecule has 9 heteroatoms. The molecular formula is C30H37N3O5S. The van der Waals surface area contributed by atoms with Crippen LogP contribution in [0.2, 0.25) is 0 Å². The second kappa shape index (κ2) is 13.4. The van der Waals surface area contributed by atoms with Gasteiger partial charge < -0.3 is 25.0 Å². The fraction of sp³-hybridized carbons (Fsp3) is 0.433. The average Bonchev–Trinajstić information content (AvgIpc) is 3.74. The minimum atomic E-state index is -0.934. The first-order valence-electron chi connectivity index (χ1n) is 12.9. The van der Waals surface area contributed by atoms with Gasteiger partial charge >= 0.3 is 6.09 Å². The molecule has 208 valence electrons. The van der Waals surface area contributed by atoms with Gasteiger partial charge in [-0.3, -0.25) is 9.59 Å². The zero-order valence-electron chi connectivity index (χ0n) is 23.2. The molecule has 2 aromatic carbocycles. The molecule has 39 heavy (non-hydrogen) atoms. The third-order valence-corrected chi connectivity index (χ3v) is 6.72. The maximum Gasteiger partial charge on any atom is 0.408 e. The first-order valence-corrected chi connectivity index (χ1v) is 14.3. The summed E-state index contributed by atoms with van der Waals surface area (Å²) in [7, 11) is 1.57. The summed E-state index contributed by atoms with van der Waals surface area (Å²) < 4.78 is 10.6. The monoisotopic (exact) mass is 551 g/mol. The van der Waals surface area contributed by atoms with E-state index >= 15 is 0 Å². The smallest absolute Gasteiger partial charge is 0.408 e. The molecule has 0 bridgehead atoms. The molecule has 1 aliphatic rings. The Bertz CT molecular complexity index is 1180. The van der Waals surface area contributed by atoms with E-state index in [-0.39, 0.29) is 17.9 Å². The maximum atomic E-state index is 14.1. The van der Waals surface area contributed by atoms with Crippen molar-refractivity contribution in [1.82, 2.24) is 10.2 Å². The van der Waals surface area contributed by atoms with Crippen LogP contribution in [0.1, 0.15) is 57.2 Å². The number of ether oxygens (including phenoxy) is 2. The van der Waals surface area contributed by atoms with Crippen molar-refractivity contribution in [1.29, 1.82) is 0 Å². The summed E-state index contributed by atoms with van der Waals surface area (Å²) in [6, 6.07) is 12.1. The minimum Gasteiger partial charge on any atom is -0.497 e. The third kappa shape index (κ3) is 8.69. The lowest BCUT2D eigenvalue weighted by molar-refractivity contribution is -0.141. The molecule has 0 aliphatic heterocycles. The molecule has 1 aliphatic carbocycles. The summed E-state index contributed by atoms with van der Waals surface area (Å²) in [5.41, 5.74) is 1.15. The Morgan fingerprint density at radius 1 is 1.10 bits per heavy atom. The number of nitrogens with zero attached hydrogens (tertiary/aromatic N) is 1. The van der Waals surface area contributed by atoms with Gasteiger partial charge in [-0.15, -0.1) is 6.42 Å². The number of hydrogen-bond acceptors (Lipinski definition) is 6. The number of alkyl carbamates (subject to hydrolysis) is 1. The van der Waals surface area contributed by atoms with Crippen molar-refractivity contribution in [2.24, 2.45) is 0 Å². The lowest BCUT2D eigenvalue weighted by atomic mass is 10.0. The molecule has 2 N–H and O–H groups in total. The molecular weight excluding hydrogens is 514 g/mol. The predicted octanol–water partition coefficient (Wildman–Crippen LogP) is 4.99. The molecule has 2 atom stereocenters. The average molecular weight is 552 g/mol. The van der Waals surface area contributed by atoms with E-state index in [0.29, 0.717) is 34.7 Å². The molecule has 0 saturated heterocycles. The Balaban J connectivity index is 1.97. The zero-order valence-corrected chi connectivity index (χ0v) is 24.0. The molecule has 1 fully saturated rings. The summed E-state index contributed by atoms with van der Waals surface area (Å²) in [5, 5.41) is 5.71. The number of anilines is 1. The van der Waals surface area contributed by atoms with E-state index in [9.17, 15) is 14.4 Å². The molecule has 1 saturated carbocycles. The summed E-state index contributed by atoms with van der Waals surface area (Å²) in [6.07, 6.45) is 8.74. The van der Waals surface area contributed by atoms with Gasteiger partial charge in [-0.2, -0.15) is 11.8 Å². The largest absolute Gasteiger partial charge is 0.497 e. The molecule has 3 amide bonds. The molecule has 3 rings (SSSR count). The van der Waals surface area contributed by atoms with E-state index in [2.05, 4.69) is 16.6 Å². The Hall–Kier alpha value is -3.64. The lowest BCUT2D eigenvalue weighted by Crippen LogP contribution is -2.53. The minimum absolute atomic E-state index is 0.131. The molecule has 0 radical (unpaired) electrons. The van der Waals surface area contributed by atoms with Gasteiger partial charge in [0.15, 0.2) is 0 Å². The SMILES string of the molecule is C#Cc1ccc(C(C(=O)Nc2ccc(OC)cc2)N(C(=O)C(CCSC)NC(=O)OC(C)(C)C)C2CC2)cc1. The first-order chi connectivity index (χ1) is 18.6. The van der Waals surface area contributed by atoms with E-state index in [4.69, 9.17) is 15.9 Å². The quantitative estimate of drug-likeness (QED) is 0.382. The van der Waals surface area contributed by atoms with Crippen molar-refractivity contribution < 1.29 is 23.9 Å². The van der Waals surface area contributed by atoms with Crippen LogP contribution >= 0.6 is 11.8 Å². The zero-order chi connectivity index (χ0) is 28.6. The van der Waals surface area contributed by atoms with Crippen molar-refractivity contribution >= 4 is 35.4 Å². The summed E-state index contributed by atoms with van der Waals surface area (Å²) in [4.78, 5) is 42.3. The van der Waals surface area contributed by atoms with Crippen molar-refractivity contribution in [3.05, 3.63) is 59.7 Å². The Labute approximate surface area is 235 Å². The number of benzene rings is 2. The maximum absolute atomic E-state index is 14.1. The summed E-state index contributed by atoms with van der Waals surface area (Å²) in [6.45, 7) is 5.30. The Morgan fingerprint density at radius 2 is 1.74 bits per heavy atom. The fourth-order valence-electron chi connectivity index (χ4n) is 4.08. The number of amides is 3. The number of rotatable bonds is 11. The van der Waals surface area contributed by atoms with Crippen LogP contribution < -0.4 is 15.4 Å². The normalized spacial score (nSPS) is 14.4. The van der Waals surface area contributed by atoms with Gasteiger partial charge in [-0.1, -0.05) is 18.1 Å². The number of hydrogen-bond donors (Lipinski definition) is 2. The molecule has 0 spiro atoms. The van der Waals surface area contributed by atoms with Crippen LogP contribution in [-0.2, 0) is 14.3 Å². The molecule has 2 aromatic rings. The molecule has 2 unspecified atom stereocenters. The van der Waals surface area contributed by atoms with E-state index in [1.54, 1.807) is 93.1 Å². The van der Waals surface area contributed by atoms with Crippen molar-refractivity contribution in [2.75, 3.05) is 24.4 Å². The topological polar surface area (TPSA) is 97.0 Å². The predicted molar refractivity (Wildman–Crippen MR) is 155 cm³/mol. The Kier molecular flexibility index (Phi) is 10.3. The van der Waals surface area contributed by atoms with Gasteiger partial charge in [0.25, 0.3) is 5.91 Å². The van der Waals surface area contributed by atoms with Gasteiger partial charge in [0, 0.05) is 17.3 Å². The fourth-order valence-corrected chi connectivity index (χ4v) is 4.55. The van der Waals surface area contributed by atoms with Gasteiger partial charge in [0.2, 0.25) is 5.91 Å². The highest BCUT2D eigenvalue weighted by Crippen LogP contribution is 2.36.